The molecule has 0 aliphatic heterocycles. The monoisotopic (exact) mass is 274 g/mol. The standard InChI is InChI=1S/C16H18O4/c1-4-5-12-8-16(18)20-15-9-13(6-7-14(12)15)19-11(3)10(2)17/h6-9,11H,4-5H2,1-3H3/t11-/m1/s1. The molecule has 0 radical (unpaired) electrons. The van der Waals surface area contributed by atoms with E-state index in [2.05, 4.69) is 6.92 Å². The summed E-state index contributed by atoms with van der Waals surface area (Å²) in [7, 11) is 0. The number of Topliss-reactive ketones (excluding diaryl/α,β-unsaturated/α-hetero) is 1. The average Bonchev–Trinajstić information content (AvgIpc) is 2.38. The summed E-state index contributed by atoms with van der Waals surface area (Å²) in [6, 6.07) is 6.85. The van der Waals surface area contributed by atoms with E-state index >= 15 is 0 Å². The molecule has 20 heavy (non-hydrogen) atoms. The van der Waals surface area contributed by atoms with Gasteiger partial charge < -0.3 is 9.15 Å². The summed E-state index contributed by atoms with van der Waals surface area (Å²) < 4.78 is 10.7. The molecule has 0 fully saturated rings. The fourth-order valence-electron chi connectivity index (χ4n) is 2.05. The Morgan fingerprint density at radius 3 is 2.75 bits per heavy atom. The van der Waals surface area contributed by atoms with E-state index in [9.17, 15) is 9.59 Å². The van der Waals surface area contributed by atoms with Crippen molar-refractivity contribution in [2.24, 2.45) is 0 Å². The van der Waals surface area contributed by atoms with Crippen LogP contribution in [0.5, 0.6) is 5.75 Å². The van der Waals surface area contributed by atoms with Crippen LogP contribution in [0.25, 0.3) is 11.0 Å². The summed E-state index contributed by atoms with van der Waals surface area (Å²) in [5.41, 5.74) is 1.11. The summed E-state index contributed by atoms with van der Waals surface area (Å²) in [6.07, 6.45) is 1.27. The molecule has 1 atom stereocenters. The van der Waals surface area contributed by atoms with E-state index in [1.165, 1.54) is 13.0 Å². The molecule has 2 rings (SSSR count). The van der Waals surface area contributed by atoms with Gasteiger partial charge >= 0.3 is 5.63 Å². The Labute approximate surface area is 117 Å². The second kappa shape index (κ2) is 5.90. The molecule has 2 aromatic rings. The van der Waals surface area contributed by atoms with Crippen LogP contribution in [-0.4, -0.2) is 11.9 Å². The number of benzene rings is 1. The fourth-order valence-corrected chi connectivity index (χ4v) is 2.05. The van der Waals surface area contributed by atoms with Gasteiger partial charge in [0.2, 0.25) is 0 Å². The molecule has 0 aliphatic carbocycles. The number of carbonyl (C=O) groups is 1. The first-order valence-electron chi connectivity index (χ1n) is 6.75. The first kappa shape index (κ1) is 14.3. The van der Waals surface area contributed by atoms with Crippen LogP contribution in [0.1, 0.15) is 32.8 Å². The summed E-state index contributed by atoms with van der Waals surface area (Å²) in [5, 5.41) is 0.911. The normalized spacial score (nSPS) is 12.3. The van der Waals surface area contributed by atoms with Crippen molar-refractivity contribution in [3.63, 3.8) is 0 Å². The fraction of sp³-hybridized carbons (Fsp3) is 0.375. The first-order valence-corrected chi connectivity index (χ1v) is 6.75. The second-order valence-electron chi connectivity index (χ2n) is 4.87. The van der Waals surface area contributed by atoms with Crippen molar-refractivity contribution in [2.45, 2.75) is 39.7 Å². The molecule has 0 spiro atoms. The zero-order valence-electron chi connectivity index (χ0n) is 11.9. The van der Waals surface area contributed by atoms with Crippen molar-refractivity contribution in [3.05, 3.63) is 40.2 Å². The molecular weight excluding hydrogens is 256 g/mol. The van der Waals surface area contributed by atoms with E-state index in [1.54, 1.807) is 19.1 Å². The van der Waals surface area contributed by atoms with Crippen molar-refractivity contribution < 1.29 is 13.9 Å². The highest BCUT2D eigenvalue weighted by atomic mass is 16.5. The van der Waals surface area contributed by atoms with Gasteiger partial charge in [0.1, 0.15) is 11.3 Å². The van der Waals surface area contributed by atoms with Gasteiger partial charge in [-0.3, -0.25) is 4.79 Å². The van der Waals surface area contributed by atoms with E-state index in [0.717, 1.165) is 23.8 Å². The quantitative estimate of drug-likeness (QED) is 0.786. The van der Waals surface area contributed by atoms with Gasteiger partial charge in [0.05, 0.1) is 0 Å². The van der Waals surface area contributed by atoms with Crippen molar-refractivity contribution in [1.29, 1.82) is 0 Å². The highest BCUT2D eigenvalue weighted by molar-refractivity contribution is 5.82. The minimum Gasteiger partial charge on any atom is -0.483 e. The highest BCUT2D eigenvalue weighted by Crippen LogP contribution is 2.24. The summed E-state index contributed by atoms with van der Waals surface area (Å²) in [6.45, 7) is 5.23. The average molecular weight is 274 g/mol. The minimum atomic E-state index is -0.516. The summed E-state index contributed by atoms with van der Waals surface area (Å²) in [4.78, 5) is 22.8. The lowest BCUT2D eigenvalue weighted by molar-refractivity contribution is -0.122. The lowest BCUT2D eigenvalue weighted by atomic mass is 10.1. The maximum atomic E-state index is 11.6. The van der Waals surface area contributed by atoms with E-state index < -0.39 is 6.10 Å². The molecule has 0 saturated carbocycles. The number of carbonyl (C=O) groups excluding carboxylic acids is 1. The van der Waals surface area contributed by atoms with Crippen LogP contribution in [0.4, 0.5) is 0 Å². The van der Waals surface area contributed by atoms with Crippen LogP contribution in [0, 0.1) is 0 Å². The van der Waals surface area contributed by atoms with Crippen molar-refractivity contribution in [2.75, 3.05) is 0 Å². The van der Waals surface area contributed by atoms with Gasteiger partial charge in [0.25, 0.3) is 0 Å². The number of aryl methyl sites for hydroxylation is 1. The van der Waals surface area contributed by atoms with Crippen LogP contribution in [-0.2, 0) is 11.2 Å². The van der Waals surface area contributed by atoms with E-state index in [0.29, 0.717) is 11.3 Å². The molecule has 0 unspecified atom stereocenters. The van der Waals surface area contributed by atoms with Crippen LogP contribution >= 0.6 is 0 Å². The molecule has 0 amide bonds. The van der Waals surface area contributed by atoms with Crippen LogP contribution < -0.4 is 10.4 Å². The Morgan fingerprint density at radius 1 is 1.35 bits per heavy atom. The molecule has 1 heterocycles. The maximum Gasteiger partial charge on any atom is 0.336 e. The van der Waals surface area contributed by atoms with Gasteiger partial charge in [-0.1, -0.05) is 13.3 Å². The Morgan fingerprint density at radius 2 is 2.10 bits per heavy atom. The minimum absolute atomic E-state index is 0.0497. The number of hydrogen-bond donors (Lipinski definition) is 0. The van der Waals surface area contributed by atoms with E-state index in [4.69, 9.17) is 9.15 Å². The SMILES string of the molecule is CCCc1cc(=O)oc2cc(O[C@H](C)C(C)=O)ccc12. The zero-order valence-corrected chi connectivity index (χ0v) is 11.9. The van der Waals surface area contributed by atoms with Gasteiger partial charge in [-0.2, -0.15) is 0 Å². The van der Waals surface area contributed by atoms with Crippen molar-refractivity contribution >= 4 is 16.8 Å². The largest absolute Gasteiger partial charge is 0.483 e. The molecule has 0 aliphatic rings. The lowest BCUT2D eigenvalue weighted by Crippen LogP contribution is -2.20. The topological polar surface area (TPSA) is 56.5 Å². The van der Waals surface area contributed by atoms with Gasteiger partial charge in [-0.05, 0) is 38.0 Å². The number of ether oxygens (including phenoxy) is 1. The predicted molar refractivity (Wildman–Crippen MR) is 77.3 cm³/mol. The first-order chi connectivity index (χ1) is 9.51. The van der Waals surface area contributed by atoms with E-state index in [-0.39, 0.29) is 11.4 Å². The van der Waals surface area contributed by atoms with Crippen LogP contribution in [0.3, 0.4) is 0 Å². The van der Waals surface area contributed by atoms with Gasteiger partial charge in [-0.25, -0.2) is 4.79 Å². The van der Waals surface area contributed by atoms with Gasteiger partial charge in [0, 0.05) is 17.5 Å². The smallest absolute Gasteiger partial charge is 0.336 e. The lowest BCUT2D eigenvalue weighted by Gasteiger charge is -2.12. The molecule has 0 bridgehead atoms. The molecule has 0 saturated heterocycles. The molecule has 1 aromatic carbocycles. The molecule has 4 nitrogen and oxygen atoms in total. The number of rotatable bonds is 5. The van der Waals surface area contributed by atoms with Gasteiger partial charge in [-0.15, -0.1) is 0 Å². The maximum absolute atomic E-state index is 11.6. The molecule has 0 N–H and O–H groups in total. The molecule has 4 heteroatoms. The molecular formula is C16H18O4. The third kappa shape index (κ3) is 3.07. The Hall–Kier alpha value is -2.10. The van der Waals surface area contributed by atoms with Crippen LogP contribution in [0.2, 0.25) is 0 Å². The van der Waals surface area contributed by atoms with E-state index in [1.807, 2.05) is 6.07 Å². The summed E-state index contributed by atoms with van der Waals surface area (Å²) >= 11 is 0. The predicted octanol–water partition coefficient (Wildman–Crippen LogP) is 3.10. The Bertz CT molecular complexity index is 684. The Balaban J connectivity index is 2.44. The van der Waals surface area contributed by atoms with Crippen molar-refractivity contribution in [1.82, 2.24) is 0 Å². The second-order valence-corrected chi connectivity index (χ2v) is 4.87. The number of ketones is 1. The third-order valence-corrected chi connectivity index (χ3v) is 3.21. The number of fused-ring (bicyclic) bond motifs is 1. The number of hydrogen-bond acceptors (Lipinski definition) is 4. The van der Waals surface area contributed by atoms with Gasteiger partial charge in [0.15, 0.2) is 11.9 Å². The van der Waals surface area contributed by atoms with Crippen molar-refractivity contribution in [3.8, 4) is 5.75 Å². The zero-order chi connectivity index (χ0) is 14.7. The summed E-state index contributed by atoms with van der Waals surface area (Å²) in [5.74, 6) is 0.475. The molecule has 106 valence electrons. The molecule has 1 aromatic heterocycles. The highest BCUT2D eigenvalue weighted by Gasteiger charge is 2.11. The Kier molecular flexibility index (Phi) is 4.23. The third-order valence-electron chi connectivity index (χ3n) is 3.21. The van der Waals surface area contributed by atoms with Crippen LogP contribution in [0.15, 0.2) is 33.5 Å².